The van der Waals surface area contributed by atoms with Gasteiger partial charge in [0.05, 0.1) is 4.90 Å². The van der Waals surface area contributed by atoms with Gasteiger partial charge in [-0.1, -0.05) is 30.3 Å². The molecule has 1 heterocycles. The van der Waals surface area contributed by atoms with Crippen molar-refractivity contribution < 1.29 is 8.42 Å². The van der Waals surface area contributed by atoms with Crippen molar-refractivity contribution >= 4 is 20.8 Å². The molecule has 1 atom stereocenters. The zero-order chi connectivity index (χ0) is 14.0. The molecule has 1 aliphatic rings. The third-order valence-electron chi connectivity index (χ3n) is 3.65. The molecule has 106 valence electrons. The Morgan fingerprint density at radius 2 is 1.90 bits per heavy atom. The Labute approximate surface area is 119 Å². The minimum atomic E-state index is -3.44. The van der Waals surface area contributed by atoms with Crippen molar-refractivity contribution in [2.75, 3.05) is 13.1 Å². The number of fused-ring (bicyclic) bond motifs is 1. The molecule has 2 aromatic carbocycles. The quantitative estimate of drug-likeness (QED) is 0.907. The first kappa shape index (κ1) is 13.5. The van der Waals surface area contributed by atoms with Crippen LogP contribution in [0.3, 0.4) is 0 Å². The molecule has 1 aliphatic heterocycles. The van der Waals surface area contributed by atoms with Gasteiger partial charge in [-0.25, -0.2) is 13.1 Å². The standard InChI is InChI=1S/C15H18N2O2S/c18-20(19,17-14-6-3-9-16-11-14)15-8-7-12-4-1-2-5-13(12)10-15/h1-2,4-5,7-8,10,14,16-17H,3,6,9,11H2/t14-/m0/s1. The second-order valence-electron chi connectivity index (χ2n) is 5.17. The summed E-state index contributed by atoms with van der Waals surface area (Å²) < 4.78 is 27.6. The van der Waals surface area contributed by atoms with Crippen LogP contribution in [0.15, 0.2) is 47.4 Å². The fourth-order valence-corrected chi connectivity index (χ4v) is 3.88. The van der Waals surface area contributed by atoms with Gasteiger partial charge in [0, 0.05) is 12.6 Å². The van der Waals surface area contributed by atoms with Crippen LogP contribution in [0.5, 0.6) is 0 Å². The van der Waals surface area contributed by atoms with Gasteiger partial charge in [0.1, 0.15) is 0 Å². The topological polar surface area (TPSA) is 58.2 Å². The van der Waals surface area contributed by atoms with Gasteiger partial charge in [0.15, 0.2) is 0 Å². The lowest BCUT2D eigenvalue weighted by molar-refractivity contribution is 0.428. The highest BCUT2D eigenvalue weighted by Crippen LogP contribution is 2.19. The number of benzene rings is 2. The van der Waals surface area contributed by atoms with E-state index in [1.54, 1.807) is 12.1 Å². The Balaban J connectivity index is 1.88. The first-order valence-electron chi connectivity index (χ1n) is 6.87. The largest absolute Gasteiger partial charge is 0.315 e. The van der Waals surface area contributed by atoms with Crippen molar-refractivity contribution in [2.24, 2.45) is 0 Å². The molecule has 0 amide bonds. The SMILES string of the molecule is O=S(=O)(N[C@H]1CCCNC1)c1ccc2ccccc2c1. The lowest BCUT2D eigenvalue weighted by Crippen LogP contribution is -2.45. The van der Waals surface area contributed by atoms with Gasteiger partial charge in [0.25, 0.3) is 0 Å². The molecule has 0 aromatic heterocycles. The van der Waals surface area contributed by atoms with Gasteiger partial charge in [-0.15, -0.1) is 0 Å². The van der Waals surface area contributed by atoms with E-state index in [-0.39, 0.29) is 6.04 Å². The van der Waals surface area contributed by atoms with E-state index in [1.165, 1.54) is 0 Å². The van der Waals surface area contributed by atoms with Crippen LogP contribution in [-0.2, 0) is 10.0 Å². The number of rotatable bonds is 3. The molecule has 4 nitrogen and oxygen atoms in total. The van der Waals surface area contributed by atoms with E-state index >= 15 is 0 Å². The number of hydrogen-bond donors (Lipinski definition) is 2. The summed E-state index contributed by atoms with van der Waals surface area (Å²) in [5.41, 5.74) is 0. The Bertz CT molecular complexity index is 707. The highest BCUT2D eigenvalue weighted by molar-refractivity contribution is 7.89. The van der Waals surface area contributed by atoms with Crippen LogP contribution in [0, 0.1) is 0 Å². The second-order valence-corrected chi connectivity index (χ2v) is 6.89. The molecule has 0 saturated carbocycles. The van der Waals surface area contributed by atoms with Crippen LogP contribution in [0.4, 0.5) is 0 Å². The molecule has 1 saturated heterocycles. The van der Waals surface area contributed by atoms with Crippen molar-refractivity contribution in [3.05, 3.63) is 42.5 Å². The van der Waals surface area contributed by atoms with Gasteiger partial charge in [-0.3, -0.25) is 0 Å². The second kappa shape index (κ2) is 5.52. The number of hydrogen-bond acceptors (Lipinski definition) is 3. The minimum Gasteiger partial charge on any atom is -0.315 e. The van der Waals surface area contributed by atoms with E-state index in [4.69, 9.17) is 0 Å². The first-order valence-corrected chi connectivity index (χ1v) is 8.35. The van der Waals surface area contributed by atoms with E-state index in [1.807, 2.05) is 30.3 Å². The Morgan fingerprint density at radius 3 is 2.65 bits per heavy atom. The van der Waals surface area contributed by atoms with Crippen LogP contribution < -0.4 is 10.0 Å². The molecule has 2 N–H and O–H groups in total. The summed E-state index contributed by atoms with van der Waals surface area (Å²) in [6.45, 7) is 1.67. The number of sulfonamides is 1. The van der Waals surface area contributed by atoms with Gasteiger partial charge in [-0.2, -0.15) is 0 Å². The van der Waals surface area contributed by atoms with Gasteiger partial charge in [0.2, 0.25) is 10.0 Å². The third kappa shape index (κ3) is 2.85. The van der Waals surface area contributed by atoms with Crippen molar-refractivity contribution in [1.82, 2.24) is 10.0 Å². The molecule has 3 rings (SSSR count). The van der Waals surface area contributed by atoms with Crippen molar-refractivity contribution in [3.8, 4) is 0 Å². The van der Waals surface area contributed by atoms with Crippen LogP contribution in [0.25, 0.3) is 10.8 Å². The Hall–Kier alpha value is -1.43. The van der Waals surface area contributed by atoms with Crippen LogP contribution in [0.2, 0.25) is 0 Å². The minimum absolute atomic E-state index is 0.0137. The van der Waals surface area contributed by atoms with E-state index < -0.39 is 10.0 Å². The highest BCUT2D eigenvalue weighted by atomic mass is 32.2. The molecule has 1 fully saturated rings. The molecule has 0 radical (unpaired) electrons. The van der Waals surface area contributed by atoms with Crippen LogP contribution in [0.1, 0.15) is 12.8 Å². The van der Waals surface area contributed by atoms with Crippen molar-refractivity contribution in [2.45, 2.75) is 23.8 Å². The zero-order valence-electron chi connectivity index (χ0n) is 11.2. The molecule has 0 unspecified atom stereocenters. The summed E-state index contributed by atoms with van der Waals surface area (Å²) in [5.74, 6) is 0. The maximum absolute atomic E-state index is 12.4. The Morgan fingerprint density at radius 1 is 1.10 bits per heavy atom. The van der Waals surface area contributed by atoms with Gasteiger partial charge < -0.3 is 5.32 Å². The van der Waals surface area contributed by atoms with Crippen molar-refractivity contribution in [3.63, 3.8) is 0 Å². The molecule has 5 heteroatoms. The normalized spacial score (nSPS) is 20.1. The summed E-state index contributed by atoms with van der Waals surface area (Å²) in [6, 6.07) is 13.0. The smallest absolute Gasteiger partial charge is 0.240 e. The first-order chi connectivity index (χ1) is 9.65. The van der Waals surface area contributed by atoms with E-state index in [9.17, 15) is 8.42 Å². The number of nitrogens with one attached hydrogen (secondary N) is 2. The molecule has 0 spiro atoms. The maximum atomic E-state index is 12.4. The van der Waals surface area contributed by atoms with E-state index in [2.05, 4.69) is 10.0 Å². The van der Waals surface area contributed by atoms with Crippen molar-refractivity contribution in [1.29, 1.82) is 0 Å². The third-order valence-corrected chi connectivity index (χ3v) is 5.17. The maximum Gasteiger partial charge on any atom is 0.240 e. The average Bonchev–Trinajstić information content (AvgIpc) is 2.47. The van der Waals surface area contributed by atoms with E-state index in [0.29, 0.717) is 11.4 Å². The molecule has 0 aliphatic carbocycles. The lowest BCUT2D eigenvalue weighted by atomic mass is 10.1. The Kier molecular flexibility index (Phi) is 3.74. The summed E-state index contributed by atoms with van der Waals surface area (Å²) in [6.07, 6.45) is 1.89. The lowest BCUT2D eigenvalue weighted by Gasteiger charge is -2.23. The molecular weight excluding hydrogens is 272 g/mol. The number of piperidine rings is 1. The fraction of sp³-hybridized carbons (Fsp3) is 0.333. The summed E-state index contributed by atoms with van der Waals surface area (Å²) in [5, 5.41) is 5.20. The van der Waals surface area contributed by atoms with Crippen LogP contribution >= 0.6 is 0 Å². The summed E-state index contributed by atoms with van der Waals surface area (Å²) >= 11 is 0. The average molecular weight is 290 g/mol. The monoisotopic (exact) mass is 290 g/mol. The predicted molar refractivity (Wildman–Crippen MR) is 80.2 cm³/mol. The summed E-state index contributed by atoms with van der Waals surface area (Å²) in [7, 11) is -3.44. The molecule has 0 bridgehead atoms. The predicted octanol–water partition coefficient (Wildman–Crippen LogP) is 1.87. The summed E-state index contributed by atoms with van der Waals surface area (Å²) in [4.78, 5) is 0.335. The van der Waals surface area contributed by atoms with Gasteiger partial charge in [-0.05, 0) is 42.3 Å². The highest BCUT2D eigenvalue weighted by Gasteiger charge is 2.21. The van der Waals surface area contributed by atoms with E-state index in [0.717, 1.165) is 30.2 Å². The van der Waals surface area contributed by atoms with Gasteiger partial charge >= 0.3 is 0 Å². The fourth-order valence-electron chi connectivity index (χ4n) is 2.57. The molecule has 20 heavy (non-hydrogen) atoms. The molecule has 2 aromatic rings. The molecular formula is C15H18N2O2S. The van der Waals surface area contributed by atoms with Crippen LogP contribution in [-0.4, -0.2) is 27.5 Å². The zero-order valence-corrected chi connectivity index (χ0v) is 12.0.